The van der Waals surface area contributed by atoms with Crippen LogP contribution in [0.25, 0.3) is 0 Å². The minimum absolute atomic E-state index is 0.0453. The predicted molar refractivity (Wildman–Crippen MR) is 123 cm³/mol. The van der Waals surface area contributed by atoms with Crippen molar-refractivity contribution in [3.05, 3.63) is 54.1 Å². The van der Waals surface area contributed by atoms with E-state index in [0.29, 0.717) is 18.3 Å². The third-order valence-corrected chi connectivity index (χ3v) is 5.42. The summed E-state index contributed by atoms with van der Waals surface area (Å²) in [6.45, 7) is 12.2. The smallest absolute Gasteiger partial charge is 0.257 e. The first kappa shape index (κ1) is 22.0. The van der Waals surface area contributed by atoms with Crippen LogP contribution in [0.2, 0.25) is 0 Å². The van der Waals surface area contributed by atoms with E-state index >= 15 is 0 Å². The molecule has 0 aliphatic carbocycles. The molecular formula is C24H34N4O2. The summed E-state index contributed by atoms with van der Waals surface area (Å²) in [5, 5.41) is 6.23. The van der Waals surface area contributed by atoms with Crippen molar-refractivity contribution in [3.8, 4) is 5.75 Å². The van der Waals surface area contributed by atoms with Crippen molar-refractivity contribution in [1.82, 2.24) is 10.2 Å². The molecule has 30 heavy (non-hydrogen) atoms. The fourth-order valence-electron chi connectivity index (χ4n) is 3.61. The van der Waals surface area contributed by atoms with Gasteiger partial charge < -0.3 is 20.3 Å². The zero-order valence-electron chi connectivity index (χ0n) is 18.4. The molecule has 1 aliphatic rings. The van der Waals surface area contributed by atoms with Gasteiger partial charge in [0, 0.05) is 56.7 Å². The van der Waals surface area contributed by atoms with Gasteiger partial charge in [-0.2, -0.15) is 0 Å². The number of benzene rings is 2. The summed E-state index contributed by atoms with van der Waals surface area (Å²) < 4.78 is 5.50. The van der Waals surface area contributed by atoms with Crippen molar-refractivity contribution in [2.75, 3.05) is 49.5 Å². The number of piperazine rings is 1. The highest BCUT2D eigenvalue weighted by Crippen LogP contribution is 2.22. The molecular weight excluding hydrogens is 376 g/mol. The van der Waals surface area contributed by atoms with Crippen LogP contribution in [-0.4, -0.2) is 56.2 Å². The van der Waals surface area contributed by atoms with Gasteiger partial charge in [-0.05, 0) is 56.7 Å². The first-order chi connectivity index (χ1) is 14.5. The van der Waals surface area contributed by atoms with Gasteiger partial charge in [-0.3, -0.25) is 9.69 Å². The lowest BCUT2D eigenvalue weighted by molar-refractivity contribution is -0.122. The molecule has 2 aromatic carbocycles. The topological polar surface area (TPSA) is 56.8 Å². The van der Waals surface area contributed by atoms with E-state index in [4.69, 9.17) is 4.74 Å². The lowest BCUT2D eigenvalue weighted by Crippen LogP contribution is -2.48. The second-order valence-corrected chi connectivity index (χ2v) is 7.91. The van der Waals surface area contributed by atoms with Gasteiger partial charge in [0.05, 0.1) is 0 Å². The number of hydrogen-bond acceptors (Lipinski definition) is 5. The summed E-state index contributed by atoms with van der Waals surface area (Å²) in [5.74, 6) is 0.598. The molecule has 6 heteroatoms. The average molecular weight is 411 g/mol. The molecule has 0 spiro atoms. The predicted octanol–water partition coefficient (Wildman–Crippen LogP) is 3.34. The number of amides is 1. The van der Waals surface area contributed by atoms with Gasteiger partial charge in [0.15, 0.2) is 6.61 Å². The Morgan fingerprint density at radius 1 is 1.07 bits per heavy atom. The molecule has 2 N–H and O–H groups in total. The van der Waals surface area contributed by atoms with Crippen LogP contribution >= 0.6 is 0 Å². The van der Waals surface area contributed by atoms with E-state index in [-0.39, 0.29) is 12.5 Å². The molecule has 162 valence electrons. The van der Waals surface area contributed by atoms with E-state index in [1.165, 1.54) is 5.69 Å². The van der Waals surface area contributed by atoms with Crippen molar-refractivity contribution < 1.29 is 9.53 Å². The Morgan fingerprint density at radius 3 is 2.47 bits per heavy atom. The number of carbonyl (C=O) groups excluding carboxylic acids is 1. The molecule has 1 saturated heterocycles. The molecule has 1 amide bonds. The molecule has 2 aromatic rings. The van der Waals surface area contributed by atoms with E-state index in [9.17, 15) is 4.79 Å². The monoisotopic (exact) mass is 410 g/mol. The van der Waals surface area contributed by atoms with E-state index < -0.39 is 0 Å². The zero-order valence-corrected chi connectivity index (χ0v) is 18.4. The van der Waals surface area contributed by atoms with E-state index in [1.807, 2.05) is 31.2 Å². The van der Waals surface area contributed by atoms with Crippen LogP contribution < -0.4 is 20.3 Å². The summed E-state index contributed by atoms with van der Waals surface area (Å²) >= 11 is 0. The van der Waals surface area contributed by atoms with Gasteiger partial charge in [0.1, 0.15) is 5.75 Å². The molecule has 3 rings (SSSR count). The molecule has 0 atom stereocenters. The standard InChI is InChI=1S/C24H34N4O2/c1-4-25-24(29)18-30-23-10-8-20(9-11-23)17-26-21-6-5-7-22(16-21)28-14-12-27(13-15-28)19(2)3/h5-11,16,19,26H,4,12-15,17-18H2,1-3H3,(H,25,29). The molecule has 6 nitrogen and oxygen atoms in total. The first-order valence-corrected chi connectivity index (χ1v) is 10.9. The van der Waals surface area contributed by atoms with Gasteiger partial charge in [0.25, 0.3) is 5.91 Å². The van der Waals surface area contributed by atoms with Crippen LogP contribution in [-0.2, 0) is 11.3 Å². The third kappa shape index (κ3) is 6.39. The molecule has 1 heterocycles. The van der Waals surface area contributed by atoms with E-state index in [1.54, 1.807) is 0 Å². The fourth-order valence-corrected chi connectivity index (χ4v) is 3.61. The van der Waals surface area contributed by atoms with Crippen molar-refractivity contribution in [2.45, 2.75) is 33.4 Å². The number of hydrogen-bond donors (Lipinski definition) is 2. The van der Waals surface area contributed by atoms with Crippen LogP contribution in [0.15, 0.2) is 48.5 Å². The van der Waals surface area contributed by atoms with Gasteiger partial charge >= 0.3 is 0 Å². The number of likely N-dealkylation sites (N-methyl/N-ethyl adjacent to an activating group) is 1. The normalized spacial score (nSPS) is 14.6. The number of carbonyl (C=O) groups is 1. The second-order valence-electron chi connectivity index (χ2n) is 7.91. The number of rotatable bonds is 9. The first-order valence-electron chi connectivity index (χ1n) is 10.9. The molecule has 1 fully saturated rings. The molecule has 0 aromatic heterocycles. The molecule has 0 bridgehead atoms. The molecule has 0 saturated carbocycles. The van der Waals surface area contributed by atoms with Gasteiger partial charge in [-0.25, -0.2) is 0 Å². The maximum absolute atomic E-state index is 11.5. The highest BCUT2D eigenvalue weighted by Gasteiger charge is 2.19. The van der Waals surface area contributed by atoms with Crippen LogP contribution in [0.1, 0.15) is 26.3 Å². The maximum atomic E-state index is 11.5. The van der Waals surface area contributed by atoms with Crippen LogP contribution in [0.5, 0.6) is 5.75 Å². The lowest BCUT2D eigenvalue weighted by atomic mass is 10.2. The Kier molecular flexibility index (Phi) is 7.97. The van der Waals surface area contributed by atoms with Crippen molar-refractivity contribution in [2.24, 2.45) is 0 Å². The largest absolute Gasteiger partial charge is 0.484 e. The maximum Gasteiger partial charge on any atom is 0.257 e. The zero-order chi connectivity index (χ0) is 21.3. The minimum Gasteiger partial charge on any atom is -0.484 e. The summed E-state index contributed by atoms with van der Waals surface area (Å²) in [5.41, 5.74) is 3.56. The molecule has 0 radical (unpaired) electrons. The SMILES string of the molecule is CCNC(=O)COc1ccc(CNc2cccc(N3CCN(C(C)C)CC3)c2)cc1. The summed E-state index contributed by atoms with van der Waals surface area (Å²) in [6, 6.07) is 17.1. The Labute approximate surface area is 180 Å². The lowest BCUT2D eigenvalue weighted by Gasteiger charge is -2.38. The highest BCUT2D eigenvalue weighted by atomic mass is 16.5. The number of ether oxygens (including phenoxy) is 1. The van der Waals surface area contributed by atoms with Crippen LogP contribution in [0.4, 0.5) is 11.4 Å². The van der Waals surface area contributed by atoms with Gasteiger partial charge in [-0.1, -0.05) is 18.2 Å². The van der Waals surface area contributed by atoms with E-state index in [2.05, 4.69) is 58.5 Å². The number of nitrogens with zero attached hydrogens (tertiary/aromatic N) is 2. The minimum atomic E-state index is -0.103. The quantitative estimate of drug-likeness (QED) is 0.664. The van der Waals surface area contributed by atoms with E-state index in [0.717, 1.165) is 44.0 Å². The third-order valence-electron chi connectivity index (χ3n) is 5.42. The van der Waals surface area contributed by atoms with Crippen LogP contribution in [0, 0.1) is 0 Å². The van der Waals surface area contributed by atoms with Crippen molar-refractivity contribution in [1.29, 1.82) is 0 Å². The molecule has 0 unspecified atom stereocenters. The Morgan fingerprint density at radius 2 is 1.80 bits per heavy atom. The fraction of sp³-hybridized carbons (Fsp3) is 0.458. The van der Waals surface area contributed by atoms with Gasteiger partial charge in [0.2, 0.25) is 0 Å². The Bertz CT molecular complexity index is 799. The number of anilines is 2. The van der Waals surface area contributed by atoms with Gasteiger partial charge in [-0.15, -0.1) is 0 Å². The second kappa shape index (κ2) is 10.9. The Balaban J connectivity index is 1.49. The highest BCUT2D eigenvalue weighted by molar-refractivity contribution is 5.77. The average Bonchev–Trinajstić information content (AvgIpc) is 2.77. The Hall–Kier alpha value is -2.73. The van der Waals surface area contributed by atoms with Crippen molar-refractivity contribution >= 4 is 17.3 Å². The molecule has 1 aliphatic heterocycles. The summed E-state index contributed by atoms with van der Waals surface area (Å²) in [7, 11) is 0. The number of nitrogens with one attached hydrogen (secondary N) is 2. The van der Waals surface area contributed by atoms with Crippen molar-refractivity contribution in [3.63, 3.8) is 0 Å². The summed E-state index contributed by atoms with van der Waals surface area (Å²) in [4.78, 5) is 16.5. The van der Waals surface area contributed by atoms with Crippen LogP contribution in [0.3, 0.4) is 0 Å². The summed E-state index contributed by atoms with van der Waals surface area (Å²) in [6.07, 6.45) is 0.